The minimum absolute atomic E-state index is 0.00198. The van der Waals surface area contributed by atoms with Crippen molar-refractivity contribution in [3.8, 4) is 5.75 Å². The van der Waals surface area contributed by atoms with Crippen molar-refractivity contribution in [2.45, 2.75) is 25.0 Å². The van der Waals surface area contributed by atoms with Crippen LogP contribution in [0.3, 0.4) is 0 Å². The molecule has 2 atom stereocenters. The van der Waals surface area contributed by atoms with Crippen LogP contribution in [0.2, 0.25) is 0 Å². The van der Waals surface area contributed by atoms with Gasteiger partial charge in [-0.05, 0) is 66.1 Å². The molecule has 44 heavy (non-hydrogen) atoms. The van der Waals surface area contributed by atoms with Crippen LogP contribution in [-0.4, -0.2) is 57.3 Å². The first kappa shape index (κ1) is 32.1. The second-order valence-electron chi connectivity index (χ2n) is 10.2. The Morgan fingerprint density at radius 1 is 0.795 bits per heavy atom. The first-order valence-electron chi connectivity index (χ1n) is 14.5. The van der Waals surface area contributed by atoms with Gasteiger partial charge in [0.2, 0.25) is 0 Å². The SMILES string of the molecule is COC(=O)Nc1ccc(C(CCNC[C@H](O)COc2ccccc2)c2ccc(N(Cc3ccccc3)C(=O)OC)cc2)cc1. The number of rotatable bonds is 14. The standard InChI is InChI=1S/C35H39N3O6/c1-42-34(40)37-29-17-13-27(14-18-29)33(21-22-36-23-31(39)25-44-32-11-7-4-8-12-32)28-15-19-30(20-16-28)38(35(41)43-2)24-26-9-5-3-6-10-26/h3-20,31,33,36,39H,21-25H2,1-2H3,(H,37,40)/t31-,33?/m0/s1. The lowest BCUT2D eigenvalue weighted by molar-refractivity contribution is 0.106. The molecule has 0 spiro atoms. The highest BCUT2D eigenvalue weighted by atomic mass is 16.5. The van der Waals surface area contributed by atoms with Gasteiger partial charge in [0.15, 0.2) is 0 Å². The number of hydrogen-bond donors (Lipinski definition) is 3. The fraction of sp³-hybridized carbons (Fsp3) is 0.257. The monoisotopic (exact) mass is 597 g/mol. The molecule has 0 fully saturated rings. The summed E-state index contributed by atoms with van der Waals surface area (Å²) in [7, 11) is 2.70. The molecule has 0 aromatic heterocycles. The summed E-state index contributed by atoms with van der Waals surface area (Å²) in [5.41, 5.74) is 4.45. The molecule has 4 aromatic carbocycles. The number of aliphatic hydroxyl groups is 1. The van der Waals surface area contributed by atoms with Crippen LogP contribution in [0.15, 0.2) is 109 Å². The minimum Gasteiger partial charge on any atom is -0.491 e. The number of nitrogens with zero attached hydrogens (tertiary/aromatic N) is 1. The van der Waals surface area contributed by atoms with Gasteiger partial charge in [-0.2, -0.15) is 0 Å². The predicted molar refractivity (Wildman–Crippen MR) is 171 cm³/mol. The van der Waals surface area contributed by atoms with E-state index in [1.54, 1.807) is 4.90 Å². The van der Waals surface area contributed by atoms with E-state index in [1.807, 2.05) is 109 Å². The quantitative estimate of drug-likeness (QED) is 0.149. The lowest BCUT2D eigenvalue weighted by atomic mass is 9.88. The van der Waals surface area contributed by atoms with Gasteiger partial charge in [0.05, 0.1) is 20.8 Å². The predicted octanol–water partition coefficient (Wildman–Crippen LogP) is 6.19. The van der Waals surface area contributed by atoms with E-state index >= 15 is 0 Å². The number of methoxy groups -OCH3 is 2. The number of carbonyl (C=O) groups is 2. The molecule has 9 nitrogen and oxygen atoms in total. The van der Waals surface area contributed by atoms with Crippen molar-refractivity contribution >= 4 is 23.6 Å². The van der Waals surface area contributed by atoms with E-state index in [4.69, 9.17) is 14.2 Å². The molecule has 0 bridgehead atoms. The molecule has 4 aromatic rings. The van der Waals surface area contributed by atoms with Crippen LogP contribution in [0.1, 0.15) is 29.0 Å². The Kier molecular flexibility index (Phi) is 12.2. The average Bonchev–Trinajstić information content (AvgIpc) is 3.07. The van der Waals surface area contributed by atoms with Gasteiger partial charge in [-0.1, -0.05) is 72.8 Å². The number of para-hydroxylation sites is 1. The van der Waals surface area contributed by atoms with Crippen molar-refractivity contribution in [3.05, 3.63) is 126 Å². The number of benzene rings is 4. The third-order valence-corrected chi connectivity index (χ3v) is 7.11. The van der Waals surface area contributed by atoms with Gasteiger partial charge in [-0.3, -0.25) is 10.2 Å². The van der Waals surface area contributed by atoms with Crippen LogP contribution in [0.25, 0.3) is 0 Å². The number of ether oxygens (including phenoxy) is 3. The fourth-order valence-electron chi connectivity index (χ4n) is 4.80. The summed E-state index contributed by atoms with van der Waals surface area (Å²) in [5.74, 6) is 0.719. The summed E-state index contributed by atoms with van der Waals surface area (Å²) in [5, 5.41) is 16.4. The lowest BCUT2D eigenvalue weighted by Crippen LogP contribution is -2.32. The highest BCUT2D eigenvalue weighted by Crippen LogP contribution is 2.31. The van der Waals surface area contributed by atoms with E-state index in [1.165, 1.54) is 14.2 Å². The molecule has 0 heterocycles. The second-order valence-corrected chi connectivity index (χ2v) is 10.2. The van der Waals surface area contributed by atoms with Gasteiger partial charge in [0.25, 0.3) is 0 Å². The Bertz CT molecular complexity index is 1430. The minimum atomic E-state index is -0.662. The molecular weight excluding hydrogens is 558 g/mol. The van der Waals surface area contributed by atoms with Crippen molar-refractivity contribution in [1.82, 2.24) is 5.32 Å². The molecule has 0 aliphatic carbocycles. The smallest absolute Gasteiger partial charge is 0.414 e. The third kappa shape index (κ3) is 9.58. The van der Waals surface area contributed by atoms with Crippen LogP contribution < -0.4 is 20.3 Å². The fourth-order valence-corrected chi connectivity index (χ4v) is 4.80. The molecular formula is C35H39N3O6. The molecule has 0 saturated carbocycles. The Morgan fingerprint density at radius 3 is 2.02 bits per heavy atom. The summed E-state index contributed by atoms with van der Waals surface area (Å²) in [4.78, 5) is 25.9. The maximum Gasteiger partial charge on any atom is 0.414 e. The van der Waals surface area contributed by atoms with Crippen molar-refractivity contribution in [1.29, 1.82) is 0 Å². The molecule has 2 amide bonds. The van der Waals surface area contributed by atoms with Crippen molar-refractivity contribution in [2.24, 2.45) is 0 Å². The lowest BCUT2D eigenvalue weighted by Gasteiger charge is -2.23. The number of aliphatic hydroxyl groups excluding tert-OH is 1. The largest absolute Gasteiger partial charge is 0.491 e. The van der Waals surface area contributed by atoms with E-state index in [9.17, 15) is 14.7 Å². The van der Waals surface area contributed by atoms with E-state index in [-0.39, 0.29) is 12.5 Å². The number of hydrogen-bond acceptors (Lipinski definition) is 7. The van der Waals surface area contributed by atoms with Gasteiger partial charge in [-0.15, -0.1) is 0 Å². The highest BCUT2D eigenvalue weighted by molar-refractivity contribution is 5.87. The number of anilines is 2. The summed E-state index contributed by atoms with van der Waals surface area (Å²) < 4.78 is 15.4. The van der Waals surface area contributed by atoms with Crippen LogP contribution in [0, 0.1) is 0 Å². The van der Waals surface area contributed by atoms with Crippen LogP contribution >= 0.6 is 0 Å². The molecule has 4 rings (SSSR count). The molecule has 9 heteroatoms. The Balaban J connectivity index is 1.46. The van der Waals surface area contributed by atoms with E-state index in [2.05, 4.69) is 10.6 Å². The van der Waals surface area contributed by atoms with E-state index < -0.39 is 18.3 Å². The van der Waals surface area contributed by atoms with Gasteiger partial charge < -0.3 is 24.6 Å². The van der Waals surface area contributed by atoms with Gasteiger partial charge in [-0.25, -0.2) is 9.59 Å². The van der Waals surface area contributed by atoms with Gasteiger partial charge in [0.1, 0.15) is 18.5 Å². The van der Waals surface area contributed by atoms with Crippen molar-refractivity contribution < 1.29 is 28.9 Å². The molecule has 3 N–H and O–H groups in total. The number of nitrogens with one attached hydrogen (secondary N) is 2. The number of amides is 2. The zero-order chi connectivity index (χ0) is 31.1. The normalized spacial score (nSPS) is 12.1. The summed E-state index contributed by atoms with van der Waals surface area (Å²) >= 11 is 0. The number of carbonyl (C=O) groups excluding carboxylic acids is 2. The first-order chi connectivity index (χ1) is 21.5. The Hall–Kier alpha value is -4.86. The topological polar surface area (TPSA) is 109 Å². The Labute approximate surface area is 258 Å². The summed E-state index contributed by atoms with van der Waals surface area (Å²) in [6.45, 7) is 1.59. The summed E-state index contributed by atoms with van der Waals surface area (Å²) in [6, 6.07) is 34.7. The molecule has 1 unspecified atom stereocenters. The molecule has 230 valence electrons. The first-order valence-corrected chi connectivity index (χ1v) is 14.5. The van der Waals surface area contributed by atoms with E-state index in [0.717, 1.165) is 34.5 Å². The average molecular weight is 598 g/mol. The zero-order valence-electron chi connectivity index (χ0n) is 25.0. The van der Waals surface area contributed by atoms with Crippen LogP contribution in [-0.2, 0) is 16.0 Å². The third-order valence-electron chi connectivity index (χ3n) is 7.11. The second kappa shape index (κ2) is 16.7. The molecule has 0 radical (unpaired) electrons. The van der Waals surface area contributed by atoms with Crippen molar-refractivity contribution in [3.63, 3.8) is 0 Å². The van der Waals surface area contributed by atoms with E-state index in [0.29, 0.717) is 25.3 Å². The molecule has 0 saturated heterocycles. The van der Waals surface area contributed by atoms with Gasteiger partial charge >= 0.3 is 12.2 Å². The Morgan fingerprint density at radius 2 is 1.41 bits per heavy atom. The molecule has 0 aliphatic rings. The summed E-state index contributed by atoms with van der Waals surface area (Å²) in [6.07, 6.45) is -0.897. The maximum absolute atomic E-state index is 12.7. The van der Waals surface area contributed by atoms with Gasteiger partial charge in [0, 0.05) is 23.8 Å². The maximum atomic E-state index is 12.7. The zero-order valence-corrected chi connectivity index (χ0v) is 25.0. The van der Waals surface area contributed by atoms with Crippen LogP contribution in [0.5, 0.6) is 5.75 Å². The van der Waals surface area contributed by atoms with Crippen LogP contribution in [0.4, 0.5) is 21.0 Å². The molecule has 0 aliphatic heterocycles. The van der Waals surface area contributed by atoms with Crippen molar-refractivity contribution in [2.75, 3.05) is 44.1 Å². The highest BCUT2D eigenvalue weighted by Gasteiger charge is 2.19.